The lowest BCUT2D eigenvalue weighted by atomic mass is 9.67. The minimum atomic E-state index is -4.07. The van der Waals surface area contributed by atoms with Gasteiger partial charge in [-0.3, -0.25) is 14.5 Å². The molecule has 1 aromatic heterocycles. The second kappa shape index (κ2) is 6.77. The zero-order valence-electron chi connectivity index (χ0n) is 18.3. The van der Waals surface area contributed by atoms with Crippen molar-refractivity contribution in [3.05, 3.63) is 65.4 Å². The van der Waals surface area contributed by atoms with Crippen molar-refractivity contribution >= 4 is 32.7 Å². The molecule has 0 spiro atoms. The Hall–Kier alpha value is -2.97. The van der Waals surface area contributed by atoms with E-state index < -0.39 is 28.0 Å². The molecule has 33 heavy (non-hydrogen) atoms. The Morgan fingerprint density at radius 2 is 1.64 bits per heavy atom. The average Bonchev–Trinajstić information content (AvgIpc) is 3.41. The molecule has 7 nitrogen and oxygen atoms in total. The molecular weight excluding hydrogens is 440 g/mol. The first-order chi connectivity index (χ1) is 15.7. The SMILES string of the molecule is Cc1ccc(S(=O)(=O)n2c3c(c4ccccc42)[C@@H]2[C@@H](CC[C@@H]2O)[C@@H]2C(=O)N(C)C(=O)[C@H]32)cc1. The first-order valence-corrected chi connectivity index (χ1v) is 12.6. The normalized spacial score (nSPS) is 28.8. The molecule has 1 saturated carbocycles. The van der Waals surface area contributed by atoms with E-state index in [2.05, 4.69) is 0 Å². The second-order valence-electron chi connectivity index (χ2n) is 9.47. The summed E-state index contributed by atoms with van der Waals surface area (Å²) in [5.74, 6) is -2.78. The number of fused-ring (bicyclic) bond motifs is 8. The lowest BCUT2D eigenvalue weighted by molar-refractivity contribution is -0.138. The fourth-order valence-corrected chi connectivity index (χ4v) is 7.93. The highest BCUT2D eigenvalue weighted by Crippen LogP contribution is 2.59. The number of rotatable bonds is 2. The number of carbonyl (C=O) groups excluding carboxylic acids is 2. The zero-order chi connectivity index (χ0) is 23.2. The third kappa shape index (κ3) is 2.56. The van der Waals surface area contributed by atoms with Crippen molar-refractivity contribution in [2.24, 2.45) is 11.8 Å². The fraction of sp³-hybridized carbons (Fsp3) is 0.360. The van der Waals surface area contributed by atoms with E-state index in [1.165, 1.54) is 11.0 Å². The molecule has 170 valence electrons. The largest absolute Gasteiger partial charge is 0.392 e. The number of aliphatic hydroxyl groups excluding tert-OH is 1. The summed E-state index contributed by atoms with van der Waals surface area (Å²) in [6.45, 7) is 1.88. The molecule has 6 rings (SSSR count). The first kappa shape index (κ1) is 20.6. The van der Waals surface area contributed by atoms with Gasteiger partial charge in [-0.2, -0.15) is 0 Å². The van der Waals surface area contributed by atoms with Gasteiger partial charge in [-0.05, 0) is 49.4 Å². The first-order valence-electron chi connectivity index (χ1n) is 11.2. The number of aryl methyl sites for hydroxylation is 1. The second-order valence-corrected chi connectivity index (χ2v) is 11.3. The Kier molecular flexibility index (Phi) is 4.23. The van der Waals surface area contributed by atoms with Crippen molar-refractivity contribution in [3.63, 3.8) is 0 Å². The Morgan fingerprint density at radius 3 is 2.36 bits per heavy atom. The molecule has 2 amide bonds. The highest BCUT2D eigenvalue weighted by atomic mass is 32.2. The van der Waals surface area contributed by atoms with Crippen molar-refractivity contribution in [3.8, 4) is 0 Å². The number of hydrogen-bond acceptors (Lipinski definition) is 5. The maximum absolute atomic E-state index is 14.0. The number of likely N-dealkylation sites (tertiary alicyclic amines) is 1. The monoisotopic (exact) mass is 464 g/mol. The summed E-state index contributed by atoms with van der Waals surface area (Å²) in [6, 6.07) is 13.8. The van der Waals surface area contributed by atoms with Gasteiger partial charge in [0.15, 0.2) is 0 Å². The highest BCUT2D eigenvalue weighted by Gasteiger charge is 2.61. The third-order valence-electron chi connectivity index (χ3n) is 7.80. The quantitative estimate of drug-likeness (QED) is 0.589. The maximum atomic E-state index is 14.0. The van der Waals surface area contributed by atoms with E-state index >= 15 is 0 Å². The Morgan fingerprint density at radius 1 is 0.939 bits per heavy atom. The molecule has 3 aliphatic rings. The minimum absolute atomic E-state index is 0.118. The number of carbonyl (C=O) groups is 2. The average molecular weight is 465 g/mol. The smallest absolute Gasteiger partial charge is 0.268 e. The molecule has 2 heterocycles. The van der Waals surface area contributed by atoms with Gasteiger partial charge in [0, 0.05) is 18.4 Å². The number of likely N-dealkylation sites (N-methyl/N-ethyl adjacent to an activating group) is 1. The minimum Gasteiger partial charge on any atom is -0.392 e. The molecule has 0 bridgehead atoms. The van der Waals surface area contributed by atoms with Crippen molar-refractivity contribution in [1.29, 1.82) is 0 Å². The molecule has 1 N–H and O–H groups in total. The lowest BCUT2D eigenvalue weighted by Crippen LogP contribution is -2.37. The Labute approximate surface area is 191 Å². The van der Waals surface area contributed by atoms with Gasteiger partial charge in [-0.25, -0.2) is 12.4 Å². The van der Waals surface area contributed by atoms with Crippen molar-refractivity contribution in [2.45, 2.75) is 42.6 Å². The van der Waals surface area contributed by atoms with E-state index in [1.807, 2.05) is 19.1 Å². The van der Waals surface area contributed by atoms with Crippen LogP contribution in [0.3, 0.4) is 0 Å². The van der Waals surface area contributed by atoms with E-state index in [9.17, 15) is 23.1 Å². The van der Waals surface area contributed by atoms with Gasteiger partial charge in [0.25, 0.3) is 10.0 Å². The summed E-state index contributed by atoms with van der Waals surface area (Å²) in [5.41, 5.74) is 2.44. The van der Waals surface area contributed by atoms with Crippen LogP contribution >= 0.6 is 0 Å². The van der Waals surface area contributed by atoms with Crippen LogP contribution in [0.2, 0.25) is 0 Å². The van der Waals surface area contributed by atoms with Crippen LogP contribution in [0.4, 0.5) is 0 Å². The molecule has 2 aromatic carbocycles. The van der Waals surface area contributed by atoms with E-state index in [1.54, 1.807) is 36.4 Å². The molecule has 0 radical (unpaired) electrons. The summed E-state index contributed by atoms with van der Waals surface area (Å²) in [4.78, 5) is 27.8. The number of amides is 2. The summed E-state index contributed by atoms with van der Waals surface area (Å²) >= 11 is 0. The number of nitrogens with zero attached hydrogens (tertiary/aromatic N) is 2. The van der Waals surface area contributed by atoms with Gasteiger partial charge in [-0.1, -0.05) is 35.9 Å². The van der Waals surface area contributed by atoms with Crippen LogP contribution in [0.15, 0.2) is 53.4 Å². The fourth-order valence-electron chi connectivity index (χ4n) is 6.35. The van der Waals surface area contributed by atoms with Crippen LogP contribution in [0.25, 0.3) is 10.9 Å². The van der Waals surface area contributed by atoms with Crippen LogP contribution in [-0.4, -0.2) is 47.4 Å². The number of aliphatic hydroxyl groups is 1. The Balaban J connectivity index is 1.73. The molecule has 1 saturated heterocycles. The van der Waals surface area contributed by atoms with Gasteiger partial charge < -0.3 is 5.11 Å². The topological polar surface area (TPSA) is 96.7 Å². The van der Waals surface area contributed by atoms with Crippen molar-refractivity contribution < 1.29 is 23.1 Å². The molecule has 3 aromatic rings. The van der Waals surface area contributed by atoms with Crippen LogP contribution in [-0.2, 0) is 19.6 Å². The summed E-state index contributed by atoms with van der Waals surface area (Å²) < 4.78 is 29.3. The molecule has 8 heteroatoms. The van der Waals surface area contributed by atoms with Crippen LogP contribution in [0, 0.1) is 18.8 Å². The van der Waals surface area contributed by atoms with Crippen LogP contribution < -0.4 is 0 Å². The molecule has 1 aliphatic heterocycles. The summed E-state index contributed by atoms with van der Waals surface area (Å²) in [6.07, 6.45) is 0.460. The maximum Gasteiger partial charge on any atom is 0.268 e. The van der Waals surface area contributed by atoms with Crippen LogP contribution in [0.5, 0.6) is 0 Å². The number of aromatic nitrogens is 1. The number of hydrogen-bond donors (Lipinski definition) is 1. The van der Waals surface area contributed by atoms with Gasteiger partial charge in [0.05, 0.1) is 34.0 Å². The number of imide groups is 1. The summed E-state index contributed by atoms with van der Waals surface area (Å²) in [5, 5.41) is 11.7. The number of benzene rings is 2. The molecule has 0 unspecified atom stereocenters. The number of para-hydroxylation sites is 1. The van der Waals surface area contributed by atoms with Crippen LogP contribution in [0.1, 0.15) is 41.5 Å². The van der Waals surface area contributed by atoms with Gasteiger partial charge >= 0.3 is 0 Å². The molecule has 2 aliphatic carbocycles. The third-order valence-corrected chi connectivity index (χ3v) is 9.54. The van der Waals surface area contributed by atoms with Gasteiger partial charge in [0.1, 0.15) is 0 Å². The van der Waals surface area contributed by atoms with Gasteiger partial charge in [0.2, 0.25) is 11.8 Å². The molecule has 2 fully saturated rings. The van der Waals surface area contributed by atoms with E-state index in [4.69, 9.17) is 0 Å². The highest BCUT2D eigenvalue weighted by molar-refractivity contribution is 7.90. The van der Waals surface area contributed by atoms with E-state index in [0.29, 0.717) is 35.0 Å². The van der Waals surface area contributed by atoms with E-state index in [0.717, 1.165) is 10.5 Å². The summed E-state index contributed by atoms with van der Waals surface area (Å²) in [7, 11) is -2.61. The van der Waals surface area contributed by atoms with Crippen molar-refractivity contribution in [2.75, 3.05) is 7.05 Å². The van der Waals surface area contributed by atoms with E-state index in [-0.39, 0.29) is 28.5 Å². The predicted molar refractivity (Wildman–Crippen MR) is 121 cm³/mol. The zero-order valence-corrected chi connectivity index (χ0v) is 19.1. The molecular formula is C25H24N2O5S. The standard InChI is InChI=1S/C25H24N2O5S/c1-13-7-9-14(10-8-13)33(31,32)27-17-6-4-3-5-15(17)20-19-16(11-12-18(19)28)21-22(23(20)27)25(30)26(2)24(21)29/h3-10,16,18-19,21-22,28H,11-12H2,1-2H3/t16-,18+,19-,21+,22+/m1/s1. The Bertz CT molecular complexity index is 1440. The lowest BCUT2D eigenvalue weighted by Gasteiger charge is -2.35. The van der Waals surface area contributed by atoms with Crippen molar-refractivity contribution in [1.82, 2.24) is 8.87 Å². The molecule has 5 atom stereocenters. The van der Waals surface area contributed by atoms with Gasteiger partial charge in [-0.15, -0.1) is 0 Å². The predicted octanol–water partition coefficient (Wildman–Crippen LogP) is 2.75.